The number of carboxylic acid groups (broad SMARTS) is 1. The Labute approximate surface area is 109 Å². The molecule has 0 radical (unpaired) electrons. The molecule has 0 aromatic heterocycles. The van der Waals surface area contributed by atoms with Gasteiger partial charge in [-0.15, -0.1) is 12.4 Å². The molecule has 0 heterocycles. The van der Waals surface area contributed by atoms with E-state index in [2.05, 4.69) is 5.32 Å². The predicted octanol–water partition coefficient (Wildman–Crippen LogP) is 2.35. The highest BCUT2D eigenvalue weighted by molar-refractivity contribution is 5.85. The van der Waals surface area contributed by atoms with Gasteiger partial charge in [0.15, 0.2) is 0 Å². The summed E-state index contributed by atoms with van der Waals surface area (Å²) in [6, 6.07) is 10.00. The van der Waals surface area contributed by atoms with Gasteiger partial charge in [0, 0.05) is 6.54 Å². The Morgan fingerprint density at radius 2 is 2.00 bits per heavy atom. The summed E-state index contributed by atoms with van der Waals surface area (Å²) in [4.78, 5) is 11.0. The van der Waals surface area contributed by atoms with Gasteiger partial charge in [0.2, 0.25) is 0 Å². The number of carbonyl (C=O) groups is 1. The third kappa shape index (κ3) is 6.29. The van der Waals surface area contributed by atoms with Gasteiger partial charge >= 0.3 is 5.97 Å². The minimum Gasteiger partial charge on any atom is -0.481 e. The van der Waals surface area contributed by atoms with E-state index in [0.29, 0.717) is 13.0 Å². The quantitative estimate of drug-likeness (QED) is 0.788. The van der Waals surface area contributed by atoms with Crippen molar-refractivity contribution in [2.45, 2.75) is 19.8 Å². The van der Waals surface area contributed by atoms with Gasteiger partial charge in [0.05, 0.1) is 5.92 Å². The van der Waals surface area contributed by atoms with Crippen molar-refractivity contribution in [1.82, 2.24) is 5.32 Å². The van der Waals surface area contributed by atoms with Crippen LogP contribution >= 0.6 is 12.4 Å². The number of nitrogens with one attached hydrogen (secondary N) is 1. The molecule has 1 atom stereocenters. The van der Waals surface area contributed by atoms with E-state index < -0.39 is 5.97 Å². The Hall–Kier alpha value is -1.06. The summed E-state index contributed by atoms with van der Waals surface area (Å²) in [5, 5.41) is 12.1. The van der Waals surface area contributed by atoms with Gasteiger partial charge in [-0.3, -0.25) is 4.79 Å². The molecule has 4 heteroatoms. The van der Waals surface area contributed by atoms with Gasteiger partial charge < -0.3 is 10.4 Å². The summed E-state index contributed by atoms with van der Waals surface area (Å²) in [5.74, 6) is -1.00. The zero-order chi connectivity index (χ0) is 11.8. The van der Waals surface area contributed by atoms with Crippen molar-refractivity contribution in [3.8, 4) is 0 Å². The van der Waals surface area contributed by atoms with Gasteiger partial charge in [0.25, 0.3) is 0 Å². The average molecular weight is 258 g/mol. The van der Waals surface area contributed by atoms with Crippen LogP contribution in [-0.2, 0) is 11.2 Å². The fourth-order valence-corrected chi connectivity index (χ4v) is 1.62. The zero-order valence-electron chi connectivity index (χ0n) is 10.1. The molecule has 1 aromatic carbocycles. The molecule has 17 heavy (non-hydrogen) atoms. The van der Waals surface area contributed by atoms with E-state index in [4.69, 9.17) is 5.11 Å². The van der Waals surface area contributed by atoms with Crippen molar-refractivity contribution in [3.63, 3.8) is 0 Å². The molecular formula is C13H20ClNO2. The van der Waals surface area contributed by atoms with Gasteiger partial charge in [-0.2, -0.15) is 0 Å². The molecule has 1 rings (SSSR count). The first-order valence-electron chi connectivity index (χ1n) is 5.71. The molecule has 0 unspecified atom stereocenters. The standard InChI is InChI=1S/C13H19NO2.ClH/c1-2-14-10-12(13(15)16)9-8-11-6-4-3-5-7-11;/h3-7,12,14H,2,8-10H2,1H3,(H,15,16);1H/t12-;/m0./s1. The normalized spacial score (nSPS) is 11.6. The monoisotopic (exact) mass is 257 g/mol. The fraction of sp³-hybridized carbons (Fsp3) is 0.462. The molecule has 0 spiro atoms. The maximum Gasteiger partial charge on any atom is 0.307 e. The largest absolute Gasteiger partial charge is 0.481 e. The van der Waals surface area contributed by atoms with Crippen molar-refractivity contribution in [3.05, 3.63) is 35.9 Å². The second-order valence-corrected chi connectivity index (χ2v) is 3.87. The van der Waals surface area contributed by atoms with E-state index in [1.165, 1.54) is 5.56 Å². The summed E-state index contributed by atoms with van der Waals surface area (Å²) < 4.78 is 0. The lowest BCUT2D eigenvalue weighted by atomic mass is 9.99. The number of aryl methyl sites for hydroxylation is 1. The Balaban J connectivity index is 0.00000256. The Morgan fingerprint density at radius 1 is 1.35 bits per heavy atom. The number of hydrogen-bond acceptors (Lipinski definition) is 2. The van der Waals surface area contributed by atoms with E-state index >= 15 is 0 Å². The van der Waals surface area contributed by atoms with Crippen molar-refractivity contribution in [2.24, 2.45) is 5.92 Å². The molecule has 0 aliphatic carbocycles. The Morgan fingerprint density at radius 3 is 2.53 bits per heavy atom. The average Bonchev–Trinajstić information content (AvgIpc) is 2.30. The first kappa shape index (κ1) is 15.9. The molecular weight excluding hydrogens is 238 g/mol. The topological polar surface area (TPSA) is 49.3 Å². The van der Waals surface area contributed by atoms with E-state index in [0.717, 1.165) is 13.0 Å². The molecule has 0 amide bonds. The summed E-state index contributed by atoms with van der Waals surface area (Å²) in [5.41, 5.74) is 1.20. The first-order chi connectivity index (χ1) is 7.74. The molecule has 0 fully saturated rings. The van der Waals surface area contributed by atoms with E-state index in [9.17, 15) is 4.79 Å². The summed E-state index contributed by atoms with van der Waals surface area (Å²) in [7, 11) is 0. The third-order valence-corrected chi connectivity index (χ3v) is 2.61. The lowest BCUT2D eigenvalue weighted by molar-refractivity contribution is -0.141. The SMILES string of the molecule is CCNC[C@H](CCc1ccccc1)C(=O)O.Cl. The lowest BCUT2D eigenvalue weighted by Crippen LogP contribution is -2.28. The number of halogens is 1. The Bertz CT molecular complexity index is 316. The van der Waals surface area contributed by atoms with Crippen LogP contribution in [0.5, 0.6) is 0 Å². The highest BCUT2D eigenvalue weighted by Gasteiger charge is 2.16. The van der Waals surface area contributed by atoms with Crippen LogP contribution in [0.2, 0.25) is 0 Å². The number of rotatable bonds is 7. The molecule has 0 saturated heterocycles. The number of carboxylic acids is 1. The highest BCUT2D eigenvalue weighted by atomic mass is 35.5. The third-order valence-electron chi connectivity index (χ3n) is 2.61. The fourth-order valence-electron chi connectivity index (χ4n) is 1.62. The molecule has 2 N–H and O–H groups in total. The summed E-state index contributed by atoms with van der Waals surface area (Å²) in [6.07, 6.45) is 1.51. The lowest BCUT2D eigenvalue weighted by Gasteiger charge is -2.12. The summed E-state index contributed by atoms with van der Waals surface area (Å²) >= 11 is 0. The van der Waals surface area contributed by atoms with Crippen LogP contribution in [0.25, 0.3) is 0 Å². The molecule has 3 nitrogen and oxygen atoms in total. The van der Waals surface area contributed by atoms with Gasteiger partial charge in [0.1, 0.15) is 0 Å². The van der Waals surface area contributed by atoms with Gasteiger partial charge in [-0.25, -0.2) is 0 Å². The minimum absolute atomic E-state index is 0. The molecule has 0 saturated carbocycles. The summed E-state index contributed by atoms with van der Waals surface area (Å²) in [6.45, 7) is 3.35. The number of hydrogen-bond donors (Lipinski definition) is 2. The molecule has 0 aliphatic heterocycles. The van der Waals surface area contributed by atoms with Crippen molar-refractivity contribution < 1.29 is 9.90 Å². The highest BCUT2D eigenvalue weighted by Crippen LogP contribution is 2.09. The molecule has 0 aliphatic rings. The molecule has 1 aromatic rings. The van der Waals surface area contributed by atoms with Gasteiger partial charge in [-0.05, 0) is 24.9 Å². The van der Waals surface area contributed by atoms with Gasteiger partial charge in [-0.1, -0.05) is 37.3 Å². The molecule has 96 valence electrons. The van der Waals surface area contributed by atoms with Crippen LogP contribution in [0.4, 0.5) is 0 Å². The van der Waals surface area contributed by atoms with Crippen LogP contribution < -0.4 is 5.32 Å². The van der Waals surface area contributed by atoms with E-state index in [-0.39, 0.29) is 18.3 Å². The smallest absolute Gasteiger partial charge is 0.307 e. The van der Waals surface area contributed by atoms with Crippen molar-refractivity contribution >= 4 is 18.4 Å². The van der Waals surface area contributed by atoms with Crippen LogP contribution in [-0.4, -0.2) is 24.2 Å². The number of aliphatic carboxylic acids is 1. The molecule has 0 bridgehead atoms. The number of benzene rings is 1. The predicted molar refractivity (Wildman–Crippen MR) is 71.7 cm³/mol. The maximum absolute atomic E-state index is 11.0. The van der Waals surface area contributed by atoms with Crippen LogP contribution in [0.3, 0.4) is 0 Å². The van der Waals surface area contributed by atoms with Crippen LogP contribution in [0.1, 0.15) is 18.9 Å². The van der Waals surface area contributed by atoms with Crippen molar-refractivity contribution in [2.75, 3.05) is 13.1 Å². The van der Waals surface area contributed by atoms with Crippen LogP contribution in [0, 0.1) is 5.92 Å². The second kappa shape index (κ2) is 9.02. The zero-order valence-corrected chi connectivity index (χ0v) is 10.9. The van der Waals surface area contributed by atoms with Crippen LogP contribution in [0.15, 0.2) is 30.3 Å². The Kier molecular flexibility index (Phi) is 8.46. The van der Waals surface area contributed by atoms with Crippen molar-refractivity contribution in [1.29, 1.82) is 0 Å². The maximum atomic E-state index is 11.0. The first-order valence-corrected chi connectivity index (χ1v) is 5.71. The van der Waals surface area contributed by atoms with E-state index in [1.54, 1.807) is 0 Å². The second-order valence-electron chi connectivity index (χ2n) is 3.87. The van der Waals surface area contributed by atoms with E-state index in [1.807, 2.05) is 37.3 Å². The minimum atomic E-state index is -0.711.